The molecule has 106 valence electrons. The highest BCUT2D eigenvalue weighted by Gasteiger charge is 2.19. The van der Waals surface area contributed by atoms with Crippen LogP contribution in [0.1, 0.15) is 26.2 Å². The van der Waals surface area contributed by atoms with Gasteiger partial charge >= 0.3 is 0 Å². The topological polar surface area (TPSA) is 59.7 Å². The Labute approximate surface area is 122 Å². The number of anilines is 1. The lowest BCUT2D eigenvalue weighted by atomic mass is 10.4. The lowest BCUT2D eigenvalue weighted by molar-refractivity contribution is 0.681. The molecule has 20 heavy (non-hydrogen) atoms. The van der Waals surface area contributed by atoms with E-state index in [9.17, 15) is 0 Å². The Morgan fingerprint density at radius 3 is 2.75 bits per heavy atom. The molecule has 0 radical (unpaired) electrons. The average molecular weight is 293 g/mol. The van der Waals surface area contributed by atoms with Gasteiger partial charge in [0.05, 0.1) is 0 Å². The third-order valence-corrected chi connectivity index (χ3v) is 3.53. The second-order valence-corrected chi connectivity index (χ2v) is 5.20. The van der Waals surface area contributed by atoms with Crippen LogP contribution in [-0.4, -0.2) is 37.6 Å². The zero-order valence-corrected chi connectivity index (χ0v) is 12.2. The highest BCUT2D eigenvalue weighted by molar-refractivity contribution is 6.28. The first kappa shape index (κ1) is 13.3. The zero-order valence-electron chi connectivity index (χ0n) is 11.5. The van der Waals surface area contributed by atoms with Gasteiger partial charge in [-0.2, -0.15) is 15.0 Å². The van der Waals surface area contributed by atoms with Gasteiger partial charge in [-0.15, -0.1) is 0 Å². The van der Waals surface area contributed by atoms with Gasteiger partial charge in [0.1, 0.15) is 0 Å². The standard InChI is InChI=1S/C13H17ClN6/c1-2-6-19-9-5-15-11(19)10-16-12(14)18-13(17-10)20-7-3-4-8-20/h5,9H,2-4,6-8H2,1H3. The predicted octanol–water partition coefficient (Wildman–Crippen LogP) is 2.40. The smallest absolute Gasteiger partial charge is 0.230 e. The summed E-state index contributed by atoms with van der Waals surface area (Å²) >= 11 is 6.05. The summed E-state index contributed by atoms with van der Waals surface area (Å²) in [6, 6.07) is 0. The van der Waals surface area contributed by atoms with Crippen LogP contribution in [-0.2, 0) is 6.54 Å². The van der Waals surface area contributed by atoms with Crippen molar-refractivity contribution in [3.8, 4) is 11.6 Å². The van der Waals surface area contributed by atoms with E-state index in [-0.39, 0.29) is 5.28 Å². The van der Waals surface area contributed by atoms with E-state index in [1.807, 2.05) is 10.8 Å². The van der Waals surface area contributed by atoms with Crippen LogP contribution >= 0.6 is 11.6 Å². The summed E-state index contributed by atoms with van der Waals surface area (Å²) in [5, 5.41) is 0.225. The number of hydrogen-bond donors (Lipinski definition) is 0. The van der Waals surface area contributed by atoms with Gasteiger partial charge in [-0.25, -0.2) is 4.98 Å². The molecule has 0 bridgehead atoms. The van der Waals surface area contributed by atoms with Crippen LogP contribution in [0, 0.1) is 0 Å². The number of nitrogens with zero attached hydrogens (tertiary/aromatic N) is 6. The summed E-state index contributed by atoms with van der Waals surface area (Å²) in [5.41, 5.74) is 0. The van der Waals surface area contributed by atoms with Gasteiger partial charge in [0.2, 0.25) is 17.1 Å². The van der Waals surface area contributed by atoms with Gasteiger partial charge < -0.3 is 9.47 Å². The summed E-state index contributed by atoms with van der Waals surface area (Å²) in [5.74, 6) is 1.95. The van der Waals surface area contributed by atoms with E-state index < -0.39 is 0 Å². The Hall–Kier alpha value is -1.69. The van der Waals surface area contributed by atoms with E-state index in [0.29, 0.717) is 11.8 Å². The van der Waals surface area contributed by atoms with Gasteiger partial charge in [-0.05, 0) is 30.9 Å². The molecule has 0 saturated carbocycles. The fourth-order valence-electron chi connectivity index (χ4n) is 2.43. The Kier molecular flexibility index (Phi) is 3.82. The SMILES string of the molecule is CCCn1ccnc1-c1nc(Cl)nc(N2CCCC2)n1. The molecule has 3 rings (SSSR count). The van der Waals surface area contributed by atoms with Gasteiger partial charge in [0.25, 0.3) is 0 Å². The van der Waals surface area contributed by atoms with Crippen molar-refractivity contribution in [1.82, 2.24) is 24.5 Å². The summed E-state index contributed by atoms with van der Waals surface area (Å²) in [7, 11) is 0. The third-order valence-electron chi connectivity index (χ3n) is 3.37. The molecule has 0 atom stereocenters. The Balaban J connectivity index is 1.98. The van der Waals surface area contributed by atoms with Crippen LogP contribution in [0.15, 0.2) is 12.4 Å². The van der Waals surface area contributed by atoms with Gasteiger partial charge in [0, 0.05) is 32.0 Å². The molecular weight excluding hydrogens is 276 g/mol. The van der Waals surface area contributed by atoms with E-state index in [4.69, 9.17) is 11.6 Å². The molecule has 0 aromatic carbocycles. The van der Waals surface area contributed by atoms with Crippen LogP contribution in [0.3, 0.4) is 0 Å². The maximum absolute atomic E-state index is 6.05. The largest absolute Gasteiger partial charge is 0.341 e. The highest BCUT2D eigenvalue weighted by atomic mass is 35.5. The summed E-state index contributed by atoms with van der Waals surface area (Å²) < 4.78 is 2.04. The van der Waals surface area contributed by atoms with Crippen molar-refractivity contribution in [1.29, 1.82) is 0 Å². The quantitative estimate of drug-likeness (QED) is 0.866. The number of imidazole rings is 1. The van der Waals surface area contributed by atoms with Crippen LogP contribution < -0.4 is 4.90 Å². The molecule has 0 spiro atoms. The molecule has 1 fully saturated rings. The fraction of sp³-hybridized carbons (Fsp3) is 0.538. The van der Waals surface area contributed by atoms with E-state index in [2.05, 4.69) is 31.8 Å². The number of aromatic nitrogens is 5. The first-order valence-electron chi connectivity index (χ1n) is 6.96. The molecule has 0 aliphatic carbocycles. The first-order valence-corrected chi connectivity index (χ1v) is 7.33. The molecule has 1 aliphatic heterocycles. The molecule has 2 aromatic heterocycles. The van der Waals surface area contributed by atoms with Crippen LogP contribution in [0.25, 0.3) is 11.6 Å². The number of rotatable bonds is 4. The molecule has 1 aliphatic rings. The predicted molar refractivity (Wildman–Crippen MR) is 77.8 cm³/mol. The maximum atomic E-state index is 6.05. The van der Waals surface area contributed by atoms with Gasteiger partial charge in [0.15, 0.2) is 5.82 Å². The zero-order chi connectivity index (χ0) is 13.9. The summed E-state index contributed by atoms with van der Waals surface area (Å²) in [6.45, 7) is 4.96. The van der Waals surface area contributed by atoms with Gasteiger partial charge in [-0.3, -0.25) is 0 Å². The van der Waals surface area contributed by atoms with Crippen molar-refractivity contribution in [2.75, 3.05) is 18.0 Å². The van der Waals surface area contributed by atoms with Crippen molar-refractivity contribution in [3.05, 3.63) is 17.7 Å². The maximum Gasteiger partial charge on any atom is 0.230 e. The second kappa shape index (κ2) is 5.75. The number of halogens is 1. The Morgan fingerprint density at radius 1 is 1.20 bits per heavy atom. The van der Waals surface area contributed by atoms with Crippen molar-refractivity contribution in [3.63, 3.8) is 0 Å². The minimum absolute atomic E-state index is 0.225. The average Bonchev–Trinajstić information content (AvgIpc) is 3.09. The van der Waals surface area contributed by atoms with E-state index >= 15 is 0 Å². The summed E-state index contributed by atoms with van der Waals surface area (Å²) in [6.07, 6.45) is 7.07. The third kappa shape index (κ3) is 2.60. The molecule has 7 heteroatoms. The van der Waals surface area contributed by atoms with Gasteiger partial charge in [-0.1, -0.05) is 6.92 Å². The van der Waals surface area contributed by atoms with Crippen molar-refractivity contribution >= 4 is 17.5 Å². The molecule has 3 heterocycles. The van der Waals surface area contributed by atoms with Crippen LogP contribution in [0.5, 0.6) is 0 Å². The van der Waals surface area contributed by atoms with Crippen molar-refractivity contribution < 1.29 is 0 Å². The minimum atomic E-state index is 0.225. The fourth-order valence-corrected chi connectivity index (χ4v) is 2.59. The molecule has 2 aromatic rings. The van der Waals surface area contributed by atoms with Crippen LogP contribution in [0.2, 0.25) is 5.28 Å². The monoisotopic (exact) mass is 292 g/mol. The molecule has 6 nitrogen and oxygen atoms in total. The minimum Gasteiger partial charge on any atom is -0.341 e. The summed E-state index contributed by atoms with van der Waals surface area (Å²) in [4.78, 5) is 19.5. The molecule has 0 amide bonds. The first-order chi connectivity index (χ1) is 9.78. The molecule has 0 unspecified atom stereocenters. The van der Waals surface area contributed by atoms with E-state index in [0.717, 1.165) is 31.9 Å². The molecular formula is C13H17ClN6. The Morgan fingerprint density at radius 2 is 2.00 bits per heavy atom. The number of hydrogen-bond acceptors (Lipinski definition) is 5. The Bertz CT molecular complexity index is 590. The van der Waals surface area contributed by atoms with E-state index in [1.165, 1.54) is 12.8 Å². The normalized spacial score (nSPS) is 15.0. The highest BCUT2D eigenvalue weighted by Crippen LogP contribution is 2.21. The second-order valence-electron chi connectivity index (χ2n) is 4.87. The number of aryl methyl sites for hydroxylation is 1. The lowest BCUT2D eigenvalue weighted by Gasteiger charge is -2.15. The van der Waals surface area contributed by atoms with Crippen molar-refractivity contribution in [2.45, 2.75) is 32.7 Å². The molecule has 1 saturated heterocycles. The molecule has 0 N–H and O–H groups in total. The van der Waals surface area contributed by atoms with Crippen LogP contribution in [0.4, 0.5) is 5.95 Å². The van der Waals surface area contributed by atoms with Crippen molar-refractivity contribution in [2.24, 2.45) is 0 Å². The lowest BCUT2D eigenvalue weighted by Crippen LogP contribution is -2.21. The van der Waals surface area contributed by atoms with E-state index in [1.54, 1.807) is 6.20 Å².